The maximum absolute atomic E-state index is 3.62. The molecule has 2 nitrogen and oxygen atoms in total. The van der Waals surface area contributed by atoms with Crippen LogP contribution in [0.4, 0.5) is 0 Å². The van der Waals surface area contributed by atoms with Gasteiger partial charge in [0.25, 0.3) is 0 Å². The van der Waals surface area contributed by atoms with E-state index < -0.39 is 0 Å². The Bertz CT molecular complexity index is 161. The summed E-state index contributed by atoms with van der Waals surface area (Å²) in [5.74, 6) is 0.958. The fraction of sp³-hybridized carbons (Fsp3) is 1.00. The normalized spacial score (nSPS) is 33.0. The van der Waals surface area contributed by atoms with Crippen LogP contribution in [0.15, 0.2) is 0 Å². The van der Waals surface area contributed by atoms with Crippen LogP contribution in [0.5, 0.6) is 0 Å². The topological polar surface area (TPSA) is 24.1 Å². The standard InChI is InChI=1S/C10H20N2/c1-10(2)5-9(10)12-4-3-8-6-11-7-8/h8-9,11-12H,3-7H2,1-2H3. The zero-order valence-electron chi connectivity index (χ0n) is 8.19. The van der Waals surface area contributed by atoms with Crippen LogP contribution in [0.2, 0.25) is 0 Å². The Labute approximate surface area is 75.1 Å². The van der Waals surface area contributed by atoms with Crippen LogP contribution >= 0.6 is 0 Å². The van der Waals surface area contributed by atoms with Gasteiger partial charge in [-0.25, -0.2) is 0 Å². The van der Waals surface area contributed by atoms with E-state index in [1.807, 2.05) is 0 Å². The third-order valence-electron chi connectivity index (χ3n) is 3.32. The number of nitrogens with one attached hydrogen (secondary N) is 2. The molecule has 0 amide bonds. The monoisotopic (exact) mass is 168 g/mol. The first kappa shape index (κ1) is 8.52. The number of hydrogen-bond donors (Lipinski definition) is 2. The largest absolute Gasteiger partial charge is 0.316 e. The molecule has 2 fully saturated rings. The zero-order chi connectivity index (χ0) is 8.60. The van der Waals surface area contributed by atoms with E-state index in [4.69, 9.17) is 0 Å². The van der Waals surface area contributed by atoms with Crippen molar-refractivity contribution < 1.29 is 0 Å². The van der Waals surface area contributed by atoms with Crippen molar-refractivity contribution in [2.24, 2.45) is 11.3 Å². The molecule has 0 aromatic rings. The summed E-state index contributed by atoms with van der Waals surface area (Å²) in [5, 5.41) is 6.92. The first-order valence-corrected chi connectivity index (χ1v) is 5.12. The average Bonchev–Trinajstić information content (AvgIpc) is 2.47. The van der Waals surface area contributed by atoms with E-state index in [1.165, 1.54) is 32.5 Å². The molecule has 1 aliphatic carbocycles. The highest BCUT2D eigenvalue weighted by atomic mass is 15.0. The maximum Gasteiger partial charge on any atom is 0.0124 e. The fourth-order valence-electron chi connectivity index (χ4n) is 1.83. The van der Waals surface area contributed by atoms with Crippen molar-refractivity contribution in [3.05, 3.63) is 0 Å². The van der Waals surface area contributed by atoms with Gasteiger partial charge >= 0.3 is 0 Å². The molecule has 2 aliphatic rings. The molecule has 1 saturated carbocycles. The summed E-state index contributed by atoms with van der Waals surface area (Å²) in [6.45, 7) is 8.40. The minimum Gasteiger partial charge on any atom is -0.316 e. The van der Waals surface area contributed by atoms with Gasteiger partial charge in [0.1, 0.15) is 0 Å². The predicted octanol–water partition coefficient (Wildman–Crippen LogP) is 0.984. The summed E-state index contributed by atoms with van der Waals surface area (Å²) in [5.41, 5.74) is 0.595. The van der Waals surface area contributed by atoms with Gasteiger partial charge in [0, 0.05) is 6.04 Å². The lowest BCUT2D eigenvalue weighted by Gasteiger charge is -2.27. The van der Waals surface area contributed by atoms with Crippen molar-refractivity contribution in [3.8, 4) is 0 Å². The van der Waals surface area contributed by atoms with Gasteiger partial charge in [-0.15, -0.1) is 0 Å². The minimum atomic E-state index is 0.595. The third-order valence-corrected chi connectivity index (χ3v) is 3.32. The van der Waals surface area contributed by atoms with E-state index in [2.05, 4.69) is 24.5 Å². The highest BCUT2D eigenvalue weighted by molar-refractivity contribution is 5.01. The van der Waals surface area contributed by atoms with E-state index in [9.17, 15) is 0 Å². The molecule has 0 bridgehead atoms. The Hall–Kier alpha value is -0.0800. The maximum atomic E-state index is 3.62. The molecule has 70 valence electrons. The van der Waals surface area contributed by atoms with Crippen LogP contribution in [0, 0.1) is 11.3 Å². The Kier molecular flexibility index (Phi) is 2.13. The summed E-state index contributed by atoms with van der Waals surface area (Å²) in [6, 6.07) is 0.811. The van der Waals surface area contributed by atoms with Gasteiger partial charge in [-0.2, -0.15) is 0 Å². The van der Waals surface area contributed by atoms with Gasteiger partial charge in [0.15, 0.2) is 0 Å². The first-order valence-electron chi connectivity index (χ1n) is 5.12. The van der Waals surface area contributed by atoms with Crippen molar-refractivity contribution in [1.82, 2.24) is 10.6 Å². The Morgan fingerprint density at radius 1 is 1.42 bits per heavy atom. The zero-order valence-corrected chi connectivity index (χ0v) is 8.19. The Morgan fingerprint density at radius 2 is 2.08 bits per heavy atom. The Balaban J connectivity index is 1.52. The predicted molar refractivity (Wildman–Crippen MR) is 51.2 cm³/mol. The molecule has 0 aromatic carbocycles. The lowest BCUT2D eigenvalue weighted by atomic mass is 9.99. The van der Waals surface area contributed by atoms with Gasteiger partial charge in [-0.05, 0) is 43.8 Å². The molecule has 1 saturated heterocycles. The molecule has 2 N–H and O–H groups in total. The SMILES string of the molecule is CC1(C)CC1NCCC1CNC1. The van der Waals surface area contributed by atoms with Crippen LogP contribution < -0.4 is 10.6 Å². The van der Waals surface area contributed by atoms with E-state index >= 15 is 0 Å². The summed E-state index contributed by atoms with van der Waals surface area (Å²) >= 11 is 0. The van der Waals surface area contributed by atoms with Gasteiger partial charge in [0.2, 0.25) is 0 Å². The fourth-order valence-corrected chi connectivity index (χ4v) is 1.83. The van der Waals surface area contributed by atoms with Gasteiger partial charge < -0.3 is 10.6 Å². The average molecular weight is 168 g/mol. The second-order valence-corrected chi connectivity index (χ2v) is 5.01. The third kappa shape index (κ3) is 1.80. The van der Waals surface area contributed by atoms with Crippen LogP contribution in [0.3, 0.4) is 0 Å². The molecular weight excluding hydrogens is 148 g/mol. The summed E-state index contributed by atoms with van der Waals surface area (Å²) in [7, 11) is 0. The second-order valence-electron chi connectivity index (χ2n) is 5.01. The second kappa shape index (κ2) is 3.00. The smallest absolute Gasteiger partial charge is 0.0124 e. The lowest BCUT2D eigenvalue weighted by Crippen LogP contribution is -2.43. The minimum absolute atomic E-state index is 0.595. The van der Waals surface area contributed by atoms with Crippen molar-refractivity contribution in [2.45, 2.75) is 32.7 Å². The molecule has 2 rings (SSSR count). The van der Waals surface area contributed by atoms with Crippen molar-refractivity contribution in [2.75, 3.05) is 19.6 Å². The van der Waals surface area contributed by atoms with E-state index in [1.54, 1.807) is 0 Å². The lowest BCUT2D eigenvalue weighted by molar-refractivity contribution is 0.320. The molecule has 0 aromatic heterocycles. The summed E-state index contributed by atoms with van der Waals surface area (Å²) in [4.78, 5) is 0. The van der Waals surface area contributed by atoms with E-state index in [0.717, 1.165) is 12.0 Å². The molecule has 12 heavy (non-hydrogen) atoms. The molecule has 1 unspecified atom stereocenters. The highest BCUT2D eigenvalue weighted by Gasteiger charge is 2.44. The quantitative estimate of drug-likeness (QED) is 0.654. The summed E-state index contributed by atoms with van der Waals surface area (Å²) < 4.78 is 0. The van der Waals surface area contributed by atoms with E-state index in [0.29, 0.717) is 5.41 Å². The molecule has 0 spiro atoms. The van der Waals surface area contributed by atoms with Gasteiger partial charge in [0.05, 0.1) is 0 Å². The van der Waals surface area contributed by atoms with Crippen molar-refractivity contribution >= 4 is 0 Å². The highest BCUT2D eigenvalue weighted by Crippen LogP contribution is 2.44. The first-order chi connectivity index (χ1) is 5.68. The molecule has 1 heterocycles. The molecule has 1 atom stereocenters. The Morgan fingerprint density at radius 3 is 2.50 bits per heavy atom. The molecule has 2 heteroatoms. The van der Waals surface area contributed by atoms with Crippen molar-refractivity contribution in [3.63, 3.8) is 0 Å². The number of rotatable bonds is 4. The van der Waals surface area contributed by atoms with Crippen LogP contribution in [0.25, 0.3) is 0 Å². The summed E-state index contributed by atoms with van der Waals surface area (Å²) in [6.07, 6.45) is 2.73. The molecule has 0 radical (unpaired) electrons. The van der Waals surface area contributed by atoms with Gasteiger partial charge in [-0.1, -0.05) is 13.8 Å². The van der Waals surface area contributed by atoms with Crippen LogP contribution in [0.1, 0.15) is 26.7 Å². The van der Waals surface area contributed by atoms with Gasteiger partial charge in [-0.3, -0.25) is 0 Å². The van der Waals surface area contributed by atoms with Crippen LogP contribution in [-0.4, -0.2) is 25.7 Å². The number of hydrogen-bond acceptors (Lipinski definition) is 2. The molecular formula is C10H20N2. The van der Waals surface area contributed by atoms with Crippen LogP contribution in [-0.2, 0) is 0 Å². The van der Waals surface area contributed by atoms with Crippen molar-refractivity contribution in [1.29, 1.82) is 0 Å². The van der Waals surface area contributed by atoms with E-state index in [-0.39, 0.29) is 0 Å². The molecule has 1 aliphatic heterocycles.